The van der Waals surface area contributed by atoms with Crippen LogP contribution in [0.15, 0.2) is 23.0 Å². The first-order valence-electron chi connectivity index (χ1n) is 6.30. The number of nitrogens with zero attached hydrogens (tertiary/aromatic N) is 1. The number of nitrogens with one attached hydrogen (secondary N) is 1. The van der Waals surface area contributed by atoms with E-state index >= 15 is 0 Å². The van der Waals surface area contributed by atoms with E-state index in [1.807, 2.05) is 0 Å². The summed E-state index contributed by atoms with van der Waals surface area (Å²) >= 11 is 0. The number of carboxylic acid groups (broad SMARTS) is 1. The zero-order chi connectivity index (χ0) is 14.2. The quantitative estimate of drug-likeness (QED) is 0.888. The van der Waals surface area contributed by atoms with Gasteiger partial charge in [-0.3, -0.25) is 4.57 Å². The smallest absolute Gasteiger partial charge is 0.337 e. The Labute approximate surface area is 110 Å². The normalized spacial score (nSPS) is 11.9. The van der Waals surface area contributed by atoms with Crippen molar-refractivity contribution in [2.75, 3.05) is 0 Å². The van der Waals surface area contributed by atoms with Gasteiger partial charge in [-0.1, -0.05) is 26.8 Å². The molecule has 1 heterocycles. The molecule has 0 atom stereocenters. The average Bonchev–Trinajstić information content (AvgIpc) is 2.65. The molecule has 0 aliphatic rings. The minimum atomic E-state index is -1.02. The molecule has 0 aliphatic carbocycles. The average molecular weight is 262 g/mol. The Kier molecular flexibility index (Phi) is 3.22. The van der Waals surface area contributed by atoms with Gasteiger partial charge in [0.25, 0.3) is 0 Å². The lowest BCUT2D eigenvalue weighted by molar-refractivity contribution is 0.0698. The van der Waals surface area contributed by atoms with E-state index in [1.165, 1.54) is 10.6 Å². The molecule has 0 saturated carbocycles. The molecule has 0 fully saturated rings. The fourth-order valence-electron chi connectivity index (χ4n) is 2.08. The van der Waals surface area contributed by atoms with Crippen LogP contribution in [-0.4, -0.2) is 20.6 Å². The van der Waals surface area contributed by atoms with Crippen LogP contribution in [0, 0.1) is 5.41 Å². The van der Waals surface area contributed by atoms with Gasteiger partial charge in [-0.15, -0.1) is 0 Å². The van der Waals surface area contributed by atoms with Crippen molar-refractivity contribution in [1.29, 1.82) is 0 Å². The predicted molar refractivity (Wildman–Crippen MR) is 73.6 cm³/mol. The summed E-state index contributed by atoms with van der Waals surface area (Å²) in [6.07, 6.45) is 0.904. The standard InChI is InChI=1S/C14H18N2O3/c1-4-14(2,3)8-16-11-9(12(17)18)6-5-7-10(11)15-13(16)19/h5-7H,4,8H2,1-3H3,(H,15,19)(H,17,18). The minimum absolute atomic E-state index is 0.0649. The number of carbonyl (C=O) groups is 1. The summed E-state index contributed by atoms with van der Waals surface area (Å²) in [6.45, 7) is 6.66. The van der Waals surface area contributed by atoms with Crippen molar-refractivity contribution in [3.63, 3.8) is 0 Å². The van der Waals surface area contributed by atoms with Gasteiger partial charge in [0.15, 0.2) is 0 Å². The zero-order valence-corrected chi connectivity index (χ0v) is 11.4. The van der Waals surface area contributed by atoms with Crippen LogP contribution >= 0.6 is 0 Å². The summed E-state index contributed by atoms with van der Waals surface area (Å²) in [5.41, 5.74) is 0.871. The number of rotatable bonds is 4. The maximum absolute atomic E-state index is 12.0. The monoisotopic (exact) mass is 262 g/mol. The fraction of sp³-hybridized carbons (Fsp3) is 0.429. The number of hydrogen-bond acceptors (Lipinski definition) is 2. The van der Waals surface area contributed by atoms with Crippen molar-refractivity contribution >= 4 is 17.0 Å². The van der Waals surface area contributed by atoms with Crippen molar-refractivity contribution in [3.05, 3.63) is 34.2 Å². The molecule has 5 nitrogen and oxygen atoms in total. The van der Waals surface area contributed by atoms with Crippen LogP contribution < -0.4 is 5.69 Å². The summed E-state index contributed by atoms with van der Waals surface area (Å²) in [6, 6.07) is 4.88. The van der Waals surface area contributed by atoms with E-state index in [1.54, 1.807) is 12.1 Å². The molecule has 19 heavy (non-hydrogen) atoms. The fourth-order valence-corrected chi connectivity index (χ4v) is 2.08. The number of benzene rings is 1. The molecule has 2 aromatic rings. The lowest BCUT2D eigenvalue weighted by Gasteiger charge is -2.23. The lowest BCUT2D eigenvalue weighted by Crippen LogP contribution is -2.26. The highest BCUT2D eigenvalue weighted by molar-refractivity contribution is 6.01. The molecule has 0 radical (unpaired) electrons. The van der Waals surface area contributed by atoms with Gasteiger partial charge in [-0.05, 0) is 24.0 Å². The number of carboxylic acids is 1. The molecule has 102 valence electrons. The van der Waals surface area contributed by atoms with Crippen LogP contribution in [0.25, 0.3) is 11.0 Å². The van der Waals surface area contributed by atoms with E-state index in [0.717, 1.165) is 6.42 Å². The second-order valence-electron chi connectivity index (χ2n) is 5.54. The highest BCUT2D eigenvalue weighted by Gasteiger charge is 2.21. The first-order valence-corrected chi connectivity index (χ1v) is 6.30. The summed E-state index contributed by atoms with van der Waals surface area (Å²) in [5, 5.41) is 9.24. The van der Waals surface area contributed by atoms with E-state index in [-0.39, 0.29) is 16.7 Å². The Morgan fingerprint density at radius 2 is 2.11 bits per heavy atom. The van der Waals surface area contributed by atoms with Gasteiger partial charge in [0.2, 0.25) is 0 Å². The number of aromatic carboxylic acids is 1. The largest absolute Gasteiger partial charge is 0.478 e. The molecular formula is C14H18N2O3. The topological polar surface area (TPSA) is 75.1 Å². The van der Waals surface area contributed by atoms with Crippen LogP contribution in [0.3, 0.4) is 0 Å². The predicted octanol–water partition coefficient (Wildman–Crippen LogP) is 2.46. The molecule has 0 amide bonds. The summed E-state index contributed by atoms with van der Waals surface area (Å²) < 4.78 is 1.53. The van der Waals surface area contributed by atoms with Gasteiger partial charge in [-0.2, -0.15) is 0 Å². The van der Waals surface area contributed by atoms with Crippen LogP contribution in [0.1, 0.15) is 37.6 Å². The molecule has 0 unspecified atom stereocenters. The first kappa shape index (κ1) is 13.4. The van der Waals surface area contributed by atoms with Gasteiger partial charge in [0.05, 0.1) is 16.6 Å². The minimum Gasteiger partial charge on any atom is -0.478 e. The molecule has 0 aliphatic heterocycles. The van der Waals surface area contributed by atoms with E-state index in [0.29, 0.717) is 17.6 Å². The molecule has 0 spiro atoms. The molecule has 2 N–H and O–H groups in total. The Morgan fingerprint density at radius 3 is 2.68 bits per heavy atom. The Bertz CT molecular complexity index is 680. The lowest BCUT2D eigenvalue weighted by atomic mass is 9.90. The molecule has 1 aromatic carbocycles. The molecule has 5 heteroatoms. The number of aromatic amines is 1. The van der Waals surface area contributed by atoms with Crippen LogP contribution in [0.2, 0.25) is 0 Å². The summed E-state index contributed by atoms with van der Waals surface area (Å²) in [7, 11) is 0. The molecular weight excluding hydrogens is 244 g/mol. The van der Waals surface area contributed by atoms with Crippen LogP contribution in [-0.2, 0) is 6.54 Å². The van der Waals surface area contributed by atoms with Crippen molar-refractivity contribution < 1.29 is 9.90 Å². The van der Waals surface area contributed by atoms with Crippen LogP contribution in [0.5, 0.6) is 0 Å². The van der Waals surface area contributed by atoms with Crippen molar-refractivity contribution in [2.24, 2.45) is 5.41 Å². The number of imidazole rings is 1. The number of hydrogen-bond donors (Lipinski definition) is 2. The molecule has 0 saturated heterocycles. The van der Waals surface area contributed by atoms with Gasteiger partial charge in [0.1, 0.15) is 0 Å². The zero-order valence-electron chi connectivity index (χ0n) is 11.4. The maximum atomic E-state index is 12.0. The third-order valence-corrected chi connectivity index (χ3v) is 3.57. The number of aromatic nitrogens is 2. The van der Waals surface area contributed by atoms with Crippen LogP contribution in [0.4, 0.5) is 0 Å². The van der Waals surface area contributed by atoms with E-state index in [2.05, 4.69) is 25.8 Å². The second-order valence-corrected chi connectivity index (χ2v) is 5.54. The third kappa shape index (κ3) is 2.41. The Balaban J connectivity index is 2.70. The highest BCUT2D eigenvalue weighted by Crippen LogP contribution is 2.25. The Hall–Kier alpha value is -2.04. The SMILES string of the molecule is CCC(C)(C)Cn1c(=O)[nH]c2cccc(C(=O)O)c21. The number of fused-ring (bicyclic) bond motifs is 1. The summed E-state index contributed by atoms with van der Waals surface area (Å²) in [4.78, 5) is 26.0. The van der Waals surface area contributed by atoms with E-state index < -0.39 is 5.97 Å². The van der Waals surface area contributed by atoms with Crippen molar-refractivity contribution in [1.82, 2.24) is 9.55 Å². The van der Waals surface area contributed by atoms with Gasteiger partial charge in [0, 0.05) is 6.54 Å². The molecule has 1 aromatic heterocycles. The van der Waals surface area contributed by atoms with E-state index in [9.17, 15) is 14.7 Å². The highest BCUT2D eigenvalue weighted by atomic mass is 16.4. The molecule has 2 rings (SSSR count). The van der Waals surface area contributed by atoms with E-state index in [4.69, 9.17) is 0 Å². The van der Waals surface area contributed by atoms with Gasteiger partial charge < -0.3 is 10.1 Å². The first-order chi connectivity index (χ1) is 8.85. The number of H-pyrrole nitrogens is 1. The van der Waals surface area contributed by atoms with Crippen molar-refractivity contribution in [3.8, 4) is 0 Å². The third-order valence-electron chi connectivity index (χ3n) is 3.57. The van der Waals surface area contributed by atoms with Gasteiger partial charge in [-0.25, -0.2) is 9.59 Å². The summed E-state index contributed by atoms with van der Waals surface area (Å²) in [5.74, 6) is -1.02. The van der Waals surface area contributed by atoms with Gasteiger partial charge >= 0.3 is 11.7 Å². The second kappa shape index (κ2) is 4.57. The number of para-hydroxylation sites is 1. The maximum Gasteiger partial charge on any atom is 0.337 e. The molecule has 0 bridgehead atoms. The van der Waals surface area contributed by atoms with Crippen molar-refractivity contribution in [2.45, 2.75) is 33.7 Å². The Morgan fingerprint density at radius 1 is 1.42 bits per heavy atom.